The van der Waals surface area contributed by atoms with Gasteiger partial charge in [0.15, 0.2) is 0 Å². The maximum atomic E-state index is 10.2. The Hall–Kier alpha value is -0.510. The molecule has 0 bridgehead atoms. The highest BCUT2D eigenvalue weighted by molar-refractivity contribution is 7.86. The topological polar surface area (TPSA) is 43.4 Å². The first-order valence-corrected chi connectivity index (χ1v) is 4.41. The molecular weight excluding hydrogens is 140 g/mol. The van der Waals surface area contributed by atoms with Gasteiger partial charge in [0.25, 0.3) is 0 Å². The van der Waals surface area contributed by atoms with Crippen LogP contribution in [0.1, 0.15) is 13.3 Å². The van der Waals surface area contributed by atoms with Crippen molar-refractivity contribution in [1.29, 1.82) is 0 Å². The van der Waals surface area contributed by atoms with Crippen LogP contribution in [-0.2, 0) is 14.3 Å². The summed E-state index contributed by atoms with van der Waals surface area (Å²) in [5, 5.41) is 0. The van der Waals surface area contributed by atoms with Gasteiger partial charge in [-0.25, -0.2) is 0 Å². The molecule has 0 saturated carbocycles. The van der Waals surface area contributed by atoms with E-state index in [4.69, 9.17) is 0 Å². The summed E-state index contributed by atoms with van der Waals surface area (Å²) in [7, 11) is -3.28. The third kappa shape index (κ3) is 7.49. The van der Waals surface area contributed by atoms with Gasteiger partial charge in [0.05, 0.1) is 6.26 Å². The molecular formula is C5H10O3S. The summed E-state index contributed by atoms with van der Waals surface area (Å²) in [6, 6.07) is 0. The molecule has 0 aliphatic heterocycles. The van der Waals surface area contributed by atoms with Crippen LogP contribution < -0.4 is 0 Å². The molecule has 0 N–H and O–H groups in total. The SMILES string of the molecule is CC/C=C/OS(C)(=O)=O. The van der Waals surface area contributed by atoms with Crippen LogP contribution in [0.4, 0.5) is 0 Å². The molecule has 0 fully saturated rings. The van der Waals surface area contributed by atoms with E-state index >= 15 is 0 Å². The van der Waals surface area contributed by atoms with Crippen molar-refractivity contribution in [3.8, 4) is 0 Å². The molecule has 4 heteroatoms. The standard InChI is InChI=1S/C5H10O3S/c1-3-4-5-8-9(2,6)7/h4-5H,3H2,1-2H3/b5-4+. The quantitative estimate of drug-likeness (QED) is 0.443. The summed E-state index contributed by atoms with van der Waals surface area (Å²) >= 11 is 0. The van der Waals surface area contributed by atoms with Crippen molar-refractivity contribution in [3.63, 3.8) is 0 Å². The van der Waals surface area contributed by atoms with Gasteiger partial charge < -0.3 is 4.18 Å². The van der Waals surface area contributed by atoms with Gasteiger partial charge in [0.2, 0.25) is 0 Å². The molecule has 0 aromatic heterocycles. The number of hydrogen-bond donors (Lipinski definition) is 0. The van der Waals surface area contributed by atoms with E-state index in [9.17, 15) is 8.42 Å². The van der Waals surface area contributed by atoms with Crippen molar-refractivity contribution in [2.75, 3.05) is 6.26 Å². The molecule has 0 unspecified atom stereocenters. The van der Waals surface area contributed by atoms with Crippen LogP contribution in [0.3, 0.4) is 0 Å². The summed E-state index contributed by atoms with van der Waals surface area (Å²) in [6.07, 6.45) is 4.58. The van der Waals surface area contributed by atoms with Crippen LogP contribution in [0.2, 0.25) is 0 Å². The van der Waals surface area contributed by atoms with Crippen LogP contribution in [0.5, 0.6) is 0 Å². The second-order valence-corrected chi connectivity index (χ2v) is 3.18. The molecule has 0 spiro atoms. The first kappa shape index (κ1) is 8.49. The maximum Gasteiger partial charge on any atom is 0.305 e. The summed E-state index contributed by atoms with van der Waals surface area (Å²) in [6.45, 7) is 1.89. The minimum absolute atomic E-state index is 0.773. The lowest BCUT2D eigenvalue weighted by Gasteiger charge is -1.91. The molecule has 0 heterocycles. The van der Waals surface area contributed by atoms with E-state index in [0.29, 0.717) is 0 Å². The molecule has 0 aromatic carbocycles. The fraction of sp³-hybridized carbons (Fsp3) is 0.600. The van der Waals surface area contributed by atoms with Crippen LogP contribution in [0, 0.1) is 0 Å². The molecule has 3 nitrogen and oxygen atoms in total. The molecule has 0 amide bonds. The normalized spacial score (nSPS) is 12.2. The lowest BCUT2D eigenvalue weighted by atomic mass is 10.5. The Morgan fingerprint density at radius 3 is 2.44 bits per heavy atom. The third-order valence-electron chi connectivity index (χ3n) is 0.562. The van der Waals surface area contributed by atoms with Gasteiger partial charge in [-0.3, -0.25) is 0 Å². The number of hydrogen-bond acceptors (Lipinski definition) is 3. The van der Waals surface area contributed by atoms with Gasteiger partial charge in [-0.15, -0.1) is 0 Å². The van der Waals surface area contributed by atoms with E-state index in [-0.39, 0.29) is 0 Å². The Bertz CT molecular complexity index is 178. The van der Waals surface area contributed by atoms with Gasteiger partial charge in [-0.1, -0.05) is 6.92 Å². The van der Waals surface area contributed by atoms with Crippen molar-refractivity contribution in [1.82, 2.24) is 0 Å². The van der Waals surface area contributed by atoms with Crippen molar-refractivity contribution in [2.24, 2.45) is 0 Å². The van der Waals surface area contributed by atoms with Crippen LogP contribution in [0.25, 0.3) is 0 Å². The number of allylic oxidation sites excluding steroid dienone is 1. The smallest absolute Gasteiger partial charge is 0.305 e. The Labute approximate surface area is 55.5 Å². The first-order chi connectivity index (χ1) is 4.06. The van der Waals surface area contributed by atoms with Crippen molar-refractivity contribution >= 4 is 10.1 Å². The largest absolute Gasteiger partial charge is 0.391 e. The molecule has 0 radical (unpaired) electrons. The highest BCUT2D eigenvalue weighted by Crippen LogP contribution is 1.88. The minimum atomic E-state index is -3.28. The van der Waals surface area contributed by atoms with Crippen LogP contribution in [-0.4, -0.2) is 14.7 Å². The summed E-state index contributed by atoms with van der Waals surface area (Å²) in [5.74, 6) is 0. The molecule has 0 aliphatic rings. The highest BCUT2D eigenvalue weighted by atomic mass is 32.2. The van der Waals surface area contributed by atoms with Crippen molar-refractivity contribution in [3.05, 3.63) is 12.3 Å². The van der Waals surface area contributed by atoms with E-state index in [1.54, 1.807) is 6.08 Å². The maximum absolute atomic E-state index is 10.2. The monoisotopic (exact) mass is 150 g/mol. The zero-order valence-corrected chi connectivity index (χ0v) is 6.31. The Balaban J connectivity index is 3.65. The van der Waals surface area contributed by atoms with Crippen molar-refractivity contribution < 1.29 is 12.6 Å². The predicted octanol–water partition coefficient (Wildman–Crippen LogP) is 0.886. The molecule has 9 heavy (non-hydrogen) atoms. The van der Waals surface area contributed by atoms with Crippen molar-refractivity contribution in [2.45, 2.75) is 13.3 Å². The molecule has 0 saturated heterocycles. The molecule has 0 aliphatic carbocycles. The second kappa shape index (κ2) is 3.50. The van der Waals surface area contributed by atoms with Gasteiger partial charge in [0.1, 0.15) is 6.26 Å². The molecule has 0 atom stereocenters. The van der Waals surface area contributed by atoms with Gasteiger partial charge >= 0.3 is 10.1 Å². The van der Waals surface area contributed by atoms with E-state index < -0.39 is 10.1 Å². The van der Waals surface area contributed by atoms with E-state index in [1.807, 2.05) is 6.92 Å². The minimum Gasteiger partial charge on any atom is -0.391 e. The summed E-state index contributed by atoms with van der Waals surface area (Å²) < 4.78 is 24.7. The fourth-order valence-electron chi connectivity index (χ4n) is 0.236. The van der Waals surface area contributed by atoms with Crippen LogP contribution >= 0.6 is 0 Å². The zero-order valence-electron chi connectivity index (χ0n) is 5.49. The van der Waals surface area contributed by atoms with Gasteiger partial charge in [0, 0.05) is 0 Å². The molecule has 54 valence electrons. The Kier molecular flexibility index (Phi) is 3.30. The first-order valence-electron chi connectivity index (χ1n) is 2.59. The lowest BCUT2D eigenvalue weighted by molar-refractivity contribution is 0.448. The van der Waals surface area contributed by atoms with E-state index in [1.165, 1.54) is 6.26 Å². The molecule has 0 aromatic rings. The Morgan fingerprint density at radius 1 is 1.56 bits per heavy atom. The lowest BCUT2D eigenvalue weighted by Crippen LogP contribution is -1.95. The molecule has 0 rings (SSSR count). The van der Waals surface area contributed by atoms with Crippen LogP contribution in [0.15, 0.2) is 12.3 Å². The van der Waals surface area contributed by atoms with Gasteiger partial charge in [-0.2, -0.15) is 8.42 Å². The van der Waals surface area contributed by atoms with E-state index in [0.717, 1.165) is 12.7 Å². The average Bonchev–Trinajstić information content (AvgIpc) is 1.63. The second-order valence-electron chi connectivity index (χ2n) is 1.58. The highest BCUT2D eigenvalue weighted by Gasteiger charge is 1.93. The summed E-state index contributed by atoms with van der Waals surface area (Å²) in [5.41, 5.74) is 0. The summed E-state index contributed by atoms with van der Waals surface area (Å²) in [4.78, 5) is 0. The zero-order chi connectivity index (χ0) is 7.33. The third-order valence-corrected chi connectivity index (χ3v) is 1.02. The Morgan fingerprint density at radius 2 is 2.11 bits per heavy atom. The van der Waals surface area contributed by atoms with Gasteiger partial charge in [-0.05, 0) is 12.5 Å². The average molecular weight is 150 g/mol. The van der Waals surface area contributed by atoms with E-state index in [2.05, 4.69) is 4.18 Å². The number of rotatable bonds is 3. The predicted molar refractivity (Wildman–Crippen MR) is 35.4 cm³/mol. The fourth-order valence-corrected chi connectivity index (χ4v) is 0.517.